The molecule has 0 aromatic carbocycles. The second kappa shape index (κ2) is 3.79. The summed E-state index contributed by atoms with van der Waals surface area (Å²) >= 11 is 5.15. The van der Waals surface area contributed by atoms with E-state index >= 15 is 0 Å². The van der Waals surface area contributed by atoms with E-state index in [1.165, 1.54) is 0 Å². The largest absolute Gasteiger partial charge is 0.333 e. The summed E-state index contributed by atoms with van der Waals surface area (Å²) in [6.07, 6.45) is -2.62. The minimum Gasteiger partial charge on any atom is -0.258 e. The molecule has 4 nitrogen and oxygen atoms in total. The number of nitrogens with zero attached hydrogens (tertiary/aromatic N) is 2. The fourth-order valence-electron chi connectivity index (χ4n) is 0.803. The van der Waals surface area contributed by atoms with E-state index in [1.54, 1.807) is 0 Å². The normalized spacial score (nSPS) is 10.6. The van der Waals surface area contributed by atoms with Crippen molar-refractivity contribution in [2.45, 2.75) is 6.43 Å². The Kier molecular flexibility index (Phi) is 2.90. The van der Waals surface area contributed by atoms with Gasteiger partial charge in [-0.1, -0.05) is 11.6 Å². The van der Waals surface area contributed by atoms with Crippen molar-refractivity contribution in [2.75, 3.05) is 0 Å². The highest BCUT2D eigenvalue weighted by Gasteiger charge is 2.29. The van der Waals surface area contributed by atoms with Crippen molar-refractivity contribution >= 4 is 17.3 Å². The van der Waals surface area contributed by atoms with E-state index in [9.17, 15) is 23.3 Å². The summed E-state index contributed by atoms with van der Waals surface area (Å²) in [5.74, 6) is -1.50. The molecule has 0 atom stereocenters. The van der Waals surface area contributed by atoms with E-state index in [1.807, 2.05) is 0 Å². The first-order chi connectivity index (χ1) is 6.45. The maximum Gasteiger partial charge on any atom is 0.333 e. The minimum absolute atomic E-state index is 0.603. The lowest BCUT2D eigenvalue weighted by Crippen LogP contribution is -2.02. The van der Waals surface area contributed by atoms with E-state index < -0.39 is 33.6 Å². The van der Waals surface area contributed by atoms with E-state index in [4.69, 9.17) is 11.6 Å². The van der Waals surface area contributed by atoms with Gasteiger partial charge in [-0.25, -0.2) is 13.8 Å². The number of hydrogen-bond acceptors (Lipinski definition) is 3. The summed E-state index contributed by atoms with van der Waals surface area (Å²) in [6.45, 7) is 0. The first kappa shape index (κ1) is 10.7. The third-order valence-corrected chi connectivity index (χ3v) is 1.63. The lowest BCUT2D eigenvalue weighted by atomic mass is 10.3. The van der Waals surface area contributed by atoms with Gasteiger partial charge in [-0.3, -0.25) is 10.1 Å². The molecule has 0 radical (unpaired) electrons. The number of pyridine rings is 1. The Hall–Kier alpha value is -1.37. The van der Waals surface area contributed by atoms with Crippen LogP contribution in [0.25, 0.3) is 0 Å². The number of alkyl halides is 2. The molecule has 0 saturated carbocycles. The lowest BCUT2D eigenvalue weighted by Gasteiger charge is -2.01. The van der Waals surface area contributed by atoms with Crippen LogP contribution in [0.2, 0.25) is 5.02 Å². The molecule has 0 aliphatic rings. The highest BCUT2D eigenvalue weighted by Crippen LogP contribution is 2.32. The van der Waals surface area contributed by atoms with Crippen molar-refractivity contribution in [3.63, 3.8) is 0 Å². The van der Waals surface area contributed by atoms with Gasteiger partial charge in [0.25, 0.3) is 6.43 Å². The first-order valence-corrected chi connectivity index (χ1v) is 3.59. The van der Waals surface area contributed by atoms with E-state index in [-0.39, 0.29) is 0 Å². The molecule has 0 spiro atoms. The van der Waals surface area contributed by atoms with E-state index in [0.29, 0.717) is 6.20 Å². The summed E-state index contributed by atoms with van der Waals surface area (Å²) in [7, 11) is 0. The summed E-state index contributed by atoms with van der Waals surface area (Å²) in [6, 6.07) is 0. The Bertz CT molecular complexity index is 386. The van der Waals surface area contributed by atoms with Gasteiger partial charge in [-0.05, 0) is 0 Å². The summed E-state index contributed by atoms with van der Waals surface area (Å²) in [4.78, 5) is 11.9. The molecule has 1 heterocycles. The van der Waals surface area contributed by atoms with Crippen LogP contribution in [0.3, 0.4) is 0 Å². The smallest absolute Gasteiger partial charge is 0.258 e. The van der Waals surface area contributed by atoms with Gasteiger partial charge in [0.15, 0.2) is 5.69 Å². The minimum atomic E-state index is -3.22. The highest BCUT2D eigenvalue weighted by molar-refractivity contribution is 6.30. The molecule has 0 aliphatic carbocycles. The standard InChI is InChI=1S/C6H2ClF3N2O2/c7-2-1-11-4(6(9)10)5(3(2)8)12(13)14/h1,6H. The molecule has 0 fully saturated rings. The Labute approximate surface area is 80.5 Å². The topological polar surface area (TPSA) is 56.0 Å². The van der Waals surface area contributed by atoms with Gasteiger partial charge in [0.1, 0.15) is 5.02 Å². The summed E-state index contributed by atoms with van der Waals surface area (Å²) in [5, 5.41) is 9.57. The van der Waals surface area contributed by atoms with Crippen LogP contribution in [0.1, 0.15) is 12.1 Å². The number of nitro groups is 1. The van der Waals surface area contributed by atoms with Crippen LogP contribution >= 0.6 is 11.6 Å². The average molecular weight is 227 g/mol. The number of rotatable bonds is 2. The van der Waals surface area contributed by atoms with Crippen LogP contribution in [-0.4, -0.2) is 9.91 Å². The fourth-order valence-corrected chi connectivity index (χ4v) is 0.941. The molecular formula is C6H2ClF3N2O2. The SMILES string of the molecule is O=[N+]([O-])c1c(C(F)F)ncc(Cl)c1F. The second-order valence-electron chi connectivity index (χ2n) is 2.21. The van der Waals surface area contributed by atoms with Crippen molar-refractivity contribution in [3.8, 4) is 0 Å². The Morgan fingerprint density at radius 1 is 1.57 bits per heavy atom. The summed E-state index contributed by atoms with van der Waals surface area (Å²) < 4.78 is 37.2. The molecule has 0 amide bonds. The fraction of sp³-hybridized carbons (Fsp3) is 0.167. The van der Waals surface area contributed by atoms with Gasteiger partial charge in [0, 0.05) is 6.20 Å². The van der Waals surface area contributed by atoms with Crippen molar-refractivity contribution in [1.29, 1.82) is 0 Å². The molecular weight excluding hydrogens is 225 g/mol. The first-order valence-electron chi connectivity index (χ1n) is 3.21. The van der Waals surface area contributed by atoms with Gasteiger partial charge < -0.3 is 0 Å². The van der Waals surface area contributed by atoms with Gasteiger partial charge in [-0.15, -0.1) is 0 Å². The van der Waals surface area contributed by atoms with Crippen molar-refractivity contribution in [1.82, 2.24) is 4.98 Å². The van der Waals surface area contributed by atoms with E-state index in [2.05, 4.69) is 4.98 Å². The quantitative estimate of drug-likeness (QED) is 0.575. The van der Waals surface area contributed by atoms with Gasteiger partial charge in [0.2, 0.25) is 5.82 Å². The van der Waals surface area contributed by atoms with E-state index in [0.717, 1.165) is 0 Å². The zero-order chi connectivity index (χ0) is 10.9. The van der Waals surface area contributed by atoms with Crippen LogP contribution in [-0.2, 0) is 0 Å². The Morgan fingerprint density at radius 2 is 2.14 bits per heavy atom. The molecule has 0 bridgehead atoms. The lowest BCUT2D eigenvalue weighted by molar-refractivity contribution is -0.389. The molecule has 8 heteroatoms. The molecule has 14 heavy (non-hydrogen) atoms. The molecule has 1 aromatic heterocycles. The van der Waals surface area contributed by atoms with Crippen LogP contribution in [0.5, 0.6) is 0 Å². The zero-order valence-corrected chi connectivity index (χ0v) is 7.13. The molecule has 76 valence electrons. The third kappa shape index (κ3) is 1.77. The Morgan fingerprint density at radius 3 is 2.57 bits per heavy atom. The molecule has 0 aliphatic heterocycles. The highest BCUT2D eigenvalue weighted by atomic mass is 35.5. The molecule has 1 aromatic rings. The van der Waals surface area contributed by atoms with Gasteiger partial charge in [-0.2, -0.15) is 4.39 Å². The number of halogens is 4. The van der Waals surface area contributed by atoms with Gasteiger partial charge >= 0.3 is 5.69 Å². The maximum absolute atomic E-state index is 12.9. The van der Waals surface area contributed by atoms with Crippen LogP contribution in [0.15, 0.2) is 6.20 Å². The molecule has 1 rings (SSSR count). The third-order valence-electron chi connectivity index (χ3n) is 1.37. The number of hydrogen-bond donors (Lipinski definition) is 0. The van der Waals surface area contributed by atoms with Gasteiger partial charge in [0.05, 0.1) is 4.92 Å². The van der Waals surface area contributed by atoms with Crippen molar-refractivity contribution < 1.29 is 18.1 Å². The Balaban J connectivity index is 3.45. The summed E-state index contributed by atoms with van der Waals surface area (Å²) in [5.41, 5.74) is -2.61. The maximum atomic E-state index is 12.9. The molecule has 0 N–H and O–H groups in total. The number of aromatic nitrogens is 1. The molecule has 0 saturated heterocycles. The van der Waals surface area contributed by atoms with Crippen LogP contribution in [0, 0.1) is 15.9 Å². The molecule has 0 unspecified atom stereocenters. The van der Waals surface area contributed by atoms with Crippen molar-refractivity contribution in [3.05, 3.63) is 32.8 Å². The van der Waals surface area contributed by atoms with Crippen LogP contribution < -0.4 is 0 Å². The average Bonchev–Trinajstić information content (AvgIpc) is 2.08. The predicted octanol–water partition coefficient (Wildman–Crippen LogP) is 2.72. The van der Waals surface area contributed by atoms with Crippen molar-refractivity contribution in [2.24, 2.45) is 0 Å². The monoisotopic (exact) mass is 226 g/mol. The second-order valence-corrected chi connectivity index (χ2v) is 2.62. The predicted molar refractivity (Wildman–Crippen MR) is 40.8 cm³/mol. The van der Waals surface area contributed by atoms with Crippen LogP contribution in [0.4, 0.5) is 18.9 Å². The zero-order valence-electron chi connectivity index (χ0n) is 6.38.